The summed E-state index contributed by atoms with van der Waals surface area (Å²) in [7, 11) is 0. The van der Waals surface area contributed by atoms with E-state index in [0.717, 1.165) is 0 Å². The van der Waals surface area contributed by atoms with Crippen LogP contribution in [0, 0.1) is 11.8 Å². The topological polar surface area (TPSA) is 57.6 Å². The van der Waals surface area contributed by atoms with Gasteiger partial charge in [-0.15, -0.1) is 0 Å². The van der Waals surface area contributed by atoms with Crippen molar-refractivity contribution >= 4 is 11.9 Å². The minimum absolute atomic E-state index is 0.0534. The van der Waals surface area contributed by atoms with E-state index in [9.17, 15) is 22.8 Å². The zero-order valence-electron chi connectivity index (χ0n) is 11.4. The Morgan fingerprint density at radius 3 is 2.45 bits per heavy atom. The average molecular weight is 295 g/mol. The Morgan fingerprint density at radius 2 is 1.95 bits per heavy atom. The normalized spacial score (nSPS) is 23.4. The number of rotatable bonds is 5. The first-order valence-electron chi connectivity index (χ1n) is 6.83. The van der Waals surface area contributed by atoms with E-state index in [1.165, 1.54) is 4.90 Å². The van der Waals surface area contributed by atoms with Crippen LogP contribution >= 0.6 is 0 Å². The Hall–Kier alpha value is -1.27. The van der Waals surface area contributed by atoms with Gasteiger partial charge in [-0.05, 0) is 26.2 Å². The van der Waals surface area contributed by atoms with Crippen LogP contribution in [-0.2, 0) is 9.59 Å². The Balaban J connectivity index is 2.62. The zero-order valence-corrected chi connectivity index (χ0v) is 11.4. The highest BCUT2D eigenvalue weighted by Crippen LogP contribution is 2.40. The maximum Gasteiger partial charge on any atom is 0.391 e. The van der Waals surface area contributed by atoms with Gasteiger partial charge >= 0.3 is 12.1 Å². The third-order valence-electron chi connectivity index (χ3n) is 3.78. The summed E-state index contributed by atoms with van der Waals surface area (Å²) < 4.78 is 38.1. The van der Waals surface area contributed by atoms with Crippen molar-refractivity contribution in [3.05, 3.63) is 0 Å². The highest BCUT2D eigenvalue weighted by atomic mass is 19.4. The van der Waals surface area contributed by atoms with Crippen molar-refractivity contribution in [2.24, 2.45) is 11.8 Å². The maximum atomic E-state index is 12.7. The second kappa shape index (κ2) is 6.95. The van der Waals surface area contributed by atoms with E-state index >= 15 is 0 Å². The molecule has 0 saturated heterocycles. The van der Waals surface area contributed by atoms with Gasteiger partial charge in [-0.2, -0.15) is 13.2 Å². The van der Waals surface area contributed by atoms with Crippen LogP contribution < -0.4 is 0 Å². The van der Waals surface area contributed by atoms with Gasteiger partial charge in [0, 0.05) is 19.0 Å². The second-order valence-electron chi connectivity index (χ2n) is 5.16. The number of carboxylic acids is 1. The first kappa shape index (κ1) is 16.8. The van der Waals surface area contributed by atoms with Crippen LogP contribution in [0.1, 0.15) is 39.0 Å². The van der Waals surface area contributed by atoms with Crippen LogP contribution in [0.4, 0.5) is 13.2 Å². The molecule has 1 amide bonds. The maximum absolute atomic E-state index is 12.7. The van der Waals surface area contributed by atoms with Crippen molar-refractivity contribution in [1.82, 2.24) is 4.90 Å². The van der Waals surface area contributed by atoms with Crippen molar-refractivity contribution in [3.63, 3.8) is 0 Å². The quantitative estimate of drug-likeness (QED) is 0.848. The minimum atomic E-state index is -4.25. The van der Waals surface area contributed by atoms with Crippen LogP contribution in [0.25, 0.3) is 0 Å². The van der Waals surface area contributed by atoms with E-state index < -0.39 is 24.0 Å². The summed E-state index contributed by atoms with van der Waals surface area (Å²) >= 11 is 0. The van der Waals surface area contributed by atoms with Gasteiger partial charge in [0.15, 0.2) is 0 Å². The van der Waals surface area contributed by atoms with E-state index in [4.69, 9.17) is 5.11 Å². The summed E-state index contributed by atoms with van der Waals surface area (Å²) in [6.45, 7) is 2.07. The molecule has 1 aliphatic carbocycles. The van der Waals surface area contributed by atoms with Gasteiger partial charge in [0.2, 0.25) is 5.91 Å². The molecule has 0 aromatic carbocycles. The standard InChI is InChI=1S/C13H20F3NO3/c1-2-17(7-6-11(18)19)12(20)9-4-3-5-10(8-9)13(14,15)16/h9-10H,2-8H2,1H3,(H,18,19). The highest BCUT2D eigenvalue weighted by Gasteiger charge is 2.44. The number of carbonyl (C=O) groups is 2. The number of hydrogen-bond donors (Lipinski definition) is 1. The smallest absolute Gasteiger partial charge is 0.391 e. The molecule has 1 aliphatic rings. The van der Waals surface area contributed by atoms with Crippen LogP contribution in [0.15, 0.2) is 0 Å². The van der Waals surface area contributed by atoms with Crippen LogP contribution in [0.5, 0.6) is 0 Å². The molecule has 0 spiro atoms. The predicted octanol–water partition coefficient (Wildman–Crippen LogP) is 2.68. The molecule has 0 heterocycles. The molecule has 1 saturated carbocycles. The summed E-state index contributed by atoms with van der Waals surface area (Å²) in [5.41, 5.74) is 0. The van der Waals surface area contributed by atoms with Crippen molar-refractivity contribution in [2.75, 3.05) is 13.1 Å². The highest BCUT2D eigenvalue weighted by molar-refractivity contribution is 5.79. The second-order valence-corrected chi connectivity index (χ2v) is 5.16. The van der Waals surface area contributed by atoms with Crippen LogP contribution in [0.3, 0.4) is 0 Å². The number of halogens is 3. The van der Waals surface area contributed by atoms with Gasteiger partial charge in [0.05, 0.1) is 12.3 Å². The fraction of sp³-hybridized carbons (Fsp3) is 0.846. The Bertz CT molecular complexity index is 357. The van der Waals surface area contributed by atoms with E-state index in [-0.39, 0.29) is 31.7 Å². The van der Waals surface area contributed by atoms with E-state index in [2.05, 4.69) is 0 Å². The number of carboxylic acid groups (broad SMARTS) is 1. The van der Waals surface area contributed by atoms with E-state index in [1.54, 1.807) is 6.92 Å². The molecule has 0 aromatic rings. The number of hydrogen-bond acceptors (Lipinski definition) is 2. The summed E-state index contributed by atoms with van der Waals surface area (Å²) in [6, 6.07) is 0. The molecule has 0 aliphatic heterocycles. The van der Waals surface area contributed by atoms with Crippen molar-refractivity contribution in [3.8, 4) is 0 Å². The minimum Gasteiger partial charge on any atom is -0.481 e. The Labute approximate surface area is 115 Å². The SMILES string of the molecule is CCN(CCC(=O)O)C(=O)C1CCCC(C(F)(F)F)C1. The van der Waals surface area contributed by atoms with Crippen LogP contribution in [-0.4, -0.2) is 41.1 Å². The number of amides is 1. The first-order valence-corrected chi connectivity index (χ1v) is 6.83. The molecule has 1 N–H and O–H groups in total. The van der Waals surface area contributed by atoms with Crippen molar-refractivity contribution < 1.29 is 27.9 Å². The summed E-state index contributed by atoms with van der Waals surface area (Å²) in [4.78, 5) is 24.0. The van der Waals surface area contributed by atoms with Crippen LogP contribution in [0.2, 0.25) is 0 Å². The third kappa shape index (κ3) is 4.68. The van der Waals surface area contributed by atoms with Gasteiger partial charge in [0.1, 0.15) is 0 Å². The molecule has 4 nitrogen and oxygen atoms in total. The van der Waals surface area contributed by atoms with Gasteiger partial charge in [-0.25, -0.2) is 0 Å². The predicted molar refractivity (Wildman–Crippen MR) is 66.0 cm³/mol. The van der Waals surface area contributed by atoms with Crippen molar-refractivity contribution in [1.29, 1.82) is 0 Å². The molecular weight excluding hydrogens is 275 g/mol. The van der Waals surface area contributed by atoms with Crippen molar-refractivity contribution in [2.45, 2.75) is 45.2 Å². The molecule has 7 heteroatoms. The lowest BCUT2D eigenvalue weighted by atomic mass is 9.80. The molecular formula is C13H20F3NO3. The zero-order chi connectivity index (χ0) is 15.3. The Kier molecular flexibility index (Phi) is 5.83. The fourth-order valence-corrected chi connectivity index (χ4v) is 2.62. The molecule has 2 unspecified atom stereocenters. The molecule has 1 rings (SSSR count). The lowest BCUT2D eigenvalue weighted by Crippen LogP contribution is -2.41. The molecule has 0 bridgehead atoms. The Morgan fingerprint density at radius 1 is 1.30 bits per heavy atom. The summed E-state index contributed by atoms with van der Waals surface area (Å²) in [6.07, 6.45) is -3.70. The van der Waals surface area contributed by atoms with E-state index in [1.807, 2.05) is 0 Å². The number of alkyl halides is 3. The molecule has 1 fully saturated rings. The molecule has 2 atom stereocenters. The summed E-state index contributed by atoms with van der Waals surface area (Å²) in [5.74, 6) is -3.41. The monoisotopic (exact) mass is 295 g/mol. The lowest BCUT2D eigenvalue weighted by molar-refractivity contribution is -0.187. The largest absolute Gasteiger partial charge is 0.481 e. The third-order valence-corrected chi connectivity index (χ3v) is 3.78. The summed E-state index contributed by atoms with van der Waals surface area (Å²) in [5, 5.41) is 8.61. The molecule has 20 heavy (non-hydrogen) atoms. The fourth-order valence-electron chi connectivity index (χ4n) is 2.62. The number of nitrogens with zero attached hydrogens (tertiary/aromatic N) is 1. The average Bonchev–Trinajstić information content (AvgIpc) is 2.38. The lowest BCUT2D eigenvalue weighted by Gasteiger charge is -2.33. The molecule has 116 valence electrons. The number of carbonyl (C=O) groups excluding carboxylic acids is 1. The van der Waals surface area contributed by atoms with Gasteiger partial charge in [0.25, 0.3) is 0 Å². The number of aliphatic carboxylic acids is 1. The van der Waals surface area contributed by atoms with E-state index in [0.29, 0.717) is 19.4 Å². The van der Waals surface area contributed by atoms with Gasteiger partial charge < -0.3 is 10.0 Å². The first-order chi connectivity index (χ1) is 9.25. The van der Waals surface area contributed by atoms with Gasteiger partial charge in [-0.1, -0.05) is 6.42 Å². The van der Waals surface area contributed by atoms with Gasteiger partial charge in [-0.3, -0.25) is 9.59 Å². The molecule has 0 aromatic heterocycles. The molecule has 0 radical (unpaired) electrons.